The zero-order valence-electron chi connectivity index (χ0n) is 6.36. The number of hydrogen-bond acceptors (Lipinski definition) is 4. The lowest BCUT2D eigenvalue weighted by atomic mass is 10.3. The van der Waals surface area contributed by atoms with Gasteiger partial charge in [0.1, 0.15) is 0 Å². The summed E-state index contributed by atoms with van der Waals surface area (Å²) in [6.07, 6.45) is -0.818. The first-order valence-electron chi connectivity index (χ1n) is 3.04. The molecule has 1 unspecified atom stereocenters. The van der Waals surface area contributed by atoms with E-state index in [1.165, 1.54) is 13.8 Å². The Hall–Kier alpha value is -0.760. The summed E-state index contributed by atoms with van der Waals surface area (Å²) >= 11 is 0. The third kappa shape index (κ3) is 4.62. The molecule has 0 fully saturated rings. The summed E-state index contributed by atoms with van der Waals surface area (Å²) in [5.41, 5.74) is 0. The van der Waals surface area contributed by atoms with Crippen molar-refractivity contribution in [3.63, 3.8) is 0 Å². The Bertz CT molecular complexity index is 177. The van der Waals surface area contributed by atoms with Gasteiger partial charge < -0.3 is 4.74 Å². The minimum absolute atomic E-state index is 0.0366. The number of carbonyl (C=O) groups is 2. The van der Waals surface area contributed by atoms with Crippen molar-refractivity contribution >= 4 is 20.2 Å². The number of esters is 1. The zero-order chi connectivity index (χ0) is 8.85. The van der Waals surface area contributed by atoms with Crippen LogP contribution >= 0.6 is 8.46 Å². The molecule has 0 spiro atoms. The van der Waals surface area contributed by atoms with E-state index in [2.05, 4.69) is 4.74 Å². The van der Waals surface area contributed by atoms with Crippen LogP contribution in [0.5, 0.6) is 0 Å². The summed E-state index contributed by atoms with van der Waals surface area (Å²) in [4.78, 5) is 21.0. The maximum atomic E-state index is 10.6. The van der Waals surface area contributed by atoms with E-state index in [4.69, 9.17) is 0 Å². The van der Waals surface area contributed by atoms with Crippen molar-refractivity contribution in [3.8, 4) is 0 Å². The van der Waals surface area contributed by atoms with E-state index in [1.54, 1.807) is 0 Å². The van der Waals surface area contributed by atoms with E-state index in [0.717, 1.165) is 0 Å². The highest BCUT2D eigenvalue weighted by molar-refractivity contribution is 7.23. The van der Waals surface area contributed by atoms with E-state index < -0.39 is 12.1 Å². The predicted octanol–water partition coefficient (Wildman–Crippen LogP) is 0.799. The predicted molar refractivity (Wildman–Crippen MR) is 38.7 cm³/mol. The lowest BCUT2D eigenvalue weighted by molar-refractivity contribution is -0.150. The van der Waals surface area contributed by atoms with Crippen molar-refractivity contribution in [1.82, 2.24) is 0 Å². The average Bonchev–Trinajstić information content (AvgIpc) is 1.86. The maximum absolute atomic E-state index is 10.6. The van der Waals surface area contributed by atoms with Gasteiger partial charge in [-0.1, -0.05) is 0 Å². The molecule has 0 aliphatic rings. The van der Waals surface area contributed by atoms with Crippen LogP contribution in [0.1, 0.15) is 13.8 Å². The Morgan fingerprint density at radius 1 is 1.45 bits per heavy atom. The van der Waals surface area contributed by atoms with Crippen molar-refractivity contribution in [2.45, 2.75) is 20.0 Å². The fourth-order valence-electron chi connectivity index (χ4n) is 0.517. The monoisotopic (exact) mass is 176 g/mol. The van der Waals surface area contributed by atoms with Crippen LogP contribution in [-0.4, -0.2) is 24.0 Å². The number of Topliss-reactive ketones (excluding diaryl/α,β-unsaturated/α-hetero) is 1. The van der Waals surface area contributed by atoms with Crippen LogP contribution in [0, 0.1) is 0 Å². The molecule has 0 radical (unpaired) electrons. The van der Waals surface area contributed by atoms with Crippen molar-refractivity contribution in [2.24, 2.45) is 0 Å². The molecule has 62 valence electrons. The van der Waals surface area contributed by atoms with Crippen molar-refractivity contribution in [2.75, 3.05) is 6.16 Å². The highest BCUT2D eigenvalue weighted by Crippen LogP contribution is 2.02. The van der Waals surface area contributed by atoms with Crippen LogP contribution in [0.3, 0.4) is 0 Å². The molecule has 0 aromatic carbocycles. The van der Waals surface area contributed by atoms with Gasteiger partial charge in [0.05, 0.1) is 6.16 Å². The number of ketones is 1. The fourth-order valence-corrected chi connectivity index (χ4v) is 0.984. The molecular weight excluding hydrogens is 167 g/mol. The summed E-state index contributed by atoms with van der Waals surface area (Å²) in [7, 11) is -0.193. The van der Waals surface area contributed by atoms with Gasteiger partial charge >= 0.3 is 5.97 Å². The van der Waals surface area contributed by atoms with Crippen molar-refractivity contribution < 1.29 is 18.9 Å². The molecule has 1 atom stereocenters. The summed E-state index contributed by atoms with van der Waals surface area (Å²) in [5, 5.41) is 0. The Labute approximate surface area is 66.1 Å². The van der Waals surface area contributed by atoms with Crippen LogP contribution in [0.15, 0.2) is 0 Å². The van der Waals surface area contributed by atoms with Gasteiger partial charge in [-0.15, -0.1) is 0 Å². The van der Waals surface area contributed by atoms with Gasteiger partial charge in [-0.2, -0.15) is 0 Å². The SMILES string of the molecule is CC(=O)OC(CP=O)C(C)=O. The lowest BCUT2D eigenvalue weighted by Crippen LogP contribution is -2.25. The van der Waals surface area contributed by atoms with Crippen LogP contribution in [0.2, 0.25) is 0 Å². The second-order valence-electron chi connectivity index (χ2n) is 2.02. The van der Waals surface area contributed by atoms with Crippen molar-refractivity contribution in [1.29, 1.82) is 0 Å². The number of ether oxygens (including phenoxy) is 1. The summed E-state index contributed by atoms with van der Waals surface area (Å²) in [6, 6.07) is 0. The third-order valence-corrected chi connectivity index (χ3v) is 1.48. The normalized spacial score (nSPS) is 12.5. The minimum Gasteiger partial charge on any atom is -0.454 e. The number of hydrogen-bond donors (Lipinski definition) is 0. The summed E-state index contributed by atoms with van der Waals surface area (Å²) in [6.45, 7) is 2.50. The van der Waals surface area contributed by atoms with Gasteiger partial charge in [0.15, 0.2) is 20.3 Å². The largest absolute Gasteiger partial charge is 0.454 e. The van der Waals surface area contributed by atoms with Gasteiger partial charge in [-0.3, -0.25) is 14.2 Å². The van der Waals surface area contributed by atoms with Gasteiger partial charge in [-0.05, 0) is 6.92 Å². The minimum atomic E-state index is -0.855. The molecule has 0 aliphatic heterocycles. The van der Waals surface area contributed by atoms with E-state index in [1.807, 2.05) is 0 Å². The fraction of sp³-hybridized carbons (Fsp3) is 0.667. The first-order chi connectivity index (χ1) is 5.07. The summed E-state index contributed by atoms with van der Waals surface area (Å²) < 4.78 is 14.6. The highest BCUT2D eigenvalue weighted by Gasteiger charge is 2.16. The van der Waals surface area contributed by atoms with E-state index in [-0.39, 0.29) is 20.4 Å². The second kappa shape index (κ2) is 4.97. The van der Waals surface area contributed by atoms with Gasteiger partial charge in [0.2, 0.25) is 0 Å². The molecule has 0 N–H and O–H groups in total. The van der Waals surface area contributed by atoms with Crippen LogP contribution in [0.4, 0.5) is 0 Å². The Morgan fingerprint density at radius 2 is 2.00 bits per heavy atom. The topological polar surface area (TPSA) is 60.4 Å². The molecule has 4 nitrogen and oxygen atoms in total. The smallest absolute Gasteiger partial charge is 0.303 e. The van der Waals surface area contributed by atoms with Crippen LogP contribution < -0.4 is 0 Å². The number of carbonyl (C=O) groups excluding carboxylic acids is 2. The Balaban J connectivity index is 3.99. The van der Waals surface area contributed by atoms with E-state index in [0.29, 0.717) is 0 Å². The standard InChI is InChI=1S/C6H9O4P/c1-4(7)6(3-11-9)10-5(2)8/h6H,3H2,1-2H3. The molecule has 5 heteroatoms. The molecule has 11 heavy (non-hydrogen) atoms. The molecule has 0 saturated heterocycles. The Kier molecular flexibility index (Phi) is 4.62. The molecule has 0 amide bonds. The van der Waals surface area contributed by atoms with Gasteiger partial charge in [0.25, 0.3) is 0 Å². The molecule has 0 bridgehead atoms. The average molecular weight is 176 g/mol. The van der Waals surface area contributed by atoms with Gasteiger partial charge in [-0.25, -0.2) is 0 Å². The molecular formula is C6H9O4P. The van der Waals surface area contributed by atoms with Crippen LogP contribution in [0.25, 0.3) is 0 Å². The molecule has 0 aliphatic carbocycles. The molecule has 0 heterocycles. The van der Waals surface area contributed by atoms with Crippen LogP contribution in [-0.2, 0) is 18.9 Å². The highest BCUT2D eigenvalue weighted by atomic mass is 31.1. The quantitative estimate of drug-likeness (QED) is 0.469. The first-order valence-corrected chi connectivity index (χ1v) is 4.04. The Morgan fingerprint density at radius 3 is 2.27 bits per heavy atom. The number of rotatable bonds is 4. The lowest BCUT2D eigenvalue weighted by Gasteiger charge is -2.08. The molecule has 0 aromatic rings. The summed E-state index contributed by atoms with van der Waals surface area (Å²) in [5.74, 6) is -0.822. The molecule has 0 rings (SSSR count). The third-order valence-electron chi connectivity index (χ3n) is 1.00. The van der Waals surface area contributed by atoms with E-state index >= 15 is 0 Å². The maximum Gasteiger partial charge on any atom is 0.303 e. The van der Waals surface area contributed by atoms with Crippen molar-refractivity contribution in [3.05, 3.63) is 0 Å². The van der Waals surface area contributed by atoms with Gasteiger partial charge in [0, 0.05) is 6.92 Å². The first kappa shape index (κ1) is 10.2. The zero-order valence-corrected chi connectivity index (χ0v) is 7.26. The molecule has 0 aromatic heterocycles. The van der Waals surface area contributed by atoms with E-state index in [9.17, 15) is 14.2 Å². The second-order valence-corrected chi connectivity index (χ2v) is 2.64. The molecule has 0 saturated carbocycles.